The van der Waals surface area contributed by atoms with E-state index in [0.717, 1.165) is 56.3 Å². The van der Waals surface area contributed by atoms with Gasteiger partial charge in [0.25, 0.3) is 5.91 Å². The van der Waals surface area contributed by atoms with Gasteiger partial charge in [0.2, 0.25) is 5.43 Å². The summed E-state index contributed by atoms with van der Waals surface area (Å²) in [6.45, 7) is 5.28. The Balaban J connectivity index is 1.28. The summed E-state index contributed by atoms with van der Waals surface area (Å²) < 4.78 is 24.3. The molecule has 8 rings (SSSR count). The number of halogens is 1. The van der Waals surface area contributed by atoms with Gasteiger partial charge in [0.1, 0.15) is 16.9 Å². The van der Waals surface area contributed by atoms with Gasteiger partial charge < -0.3 is 29.7 Å². The minimum absolute atomic E-state index is 0.0490. The Hall–Kier alpha value is -4.38. The topological polar surface area (TPSA) is 113 Å². The maximum absolute atomic E-state index is 16.1. The molecule has 0 spiro atoms. The van der Waals surface area contributed by atoms with Crippen molar-refractivity contribution in [1.29, 1.82) is 0 Å². The number of piperazine rings is 1. The van der Waals surface area contributed by atoms with Gasteiger partial charge >= 0.3 is 0 Å². The van der Waals surface area contributed by atoms with Gasteiger partial charge in [-0.2, -0.15) is 0 Å². The summed E-state index contributed by atoms with van der Waals surface area (Å²) in [4.78, 5) is 45.5. The van der Waals surface area contributed by atoms with E-state index in [1.54, 1.807) is 22.7 Å². The van der Waals surface area contributed by atoms with Gasteiger partial charge in [0, 0.05) is 61.3 Å². The lowest BCUT2D eigenvalue weighted by molar-refractivity contribution is 0.0948. The molecule has 6 aromatic rings. The highest BCUT2D eigenvalue weighted by Gasteiger charge is 2.31. The number of rotatable bonds is 6. The third-order valence-corrected chi connectivity index (χ3v) is 10.2. The number of likely N-dealkylation sites (N-methyl/N-ethyl adjacent to an activating group) is 1. The normalized spacial score (nSPS) is 19.8. The molecule has 1 amide bonds. The zero-order valence-electron chi connectivity index (χ0n) is 25.8. The van der Waals surface area contributed by atoms with Crippen molar-refractivity contribution in [3.63, 3.8) is 0 Å². The Kier molecular flexibility index (Phi) is 7.04. The average molecular weight is 622 g/mol. The second-order valence-electron chi connectivity index (χ2n) is 13.1. The lowest BCUT2D eigenvalue weighted by Gasteiger charge is -2.32. The number of carbonyl (C=O) groups excluding carboxylic acids is 1. The number of nitrogens with two attached hydrogens (primary N) is 1. The van der Waals surface area contributed by atoms with E-state index < -0.39 is 17.2 Å². The molecule has 1 aliphatic heterocycles. The van der Waals surface area contributed by atoms with Gasteiger partial charge in [-0.15, -0.1) is 0 Å². The van der Waals surface area contributed by atoms with Crippen LogP contribution >= 0.6 is 0 Å². The summed E-state index contributed by atoms with van der Waals surface area (Å²) in [6.07, 6.45) is 4.35. The molecule has 3 N–H and O–H groups in total. The van der Waals surface area contributed by atoms with Crippen molar-refractivity contribution in [3.8, 4) is 0 Å². The molecule has 2 aliphatic rings. The van der Waals surface area contributed by atoms with E-state index in [0.29, 0.717) is 52.3 Å². The van der Waals surface area contributed by atoms with Crippen LogP contribution in [0.4, 0.5) is 4.39 Å². The third-order valence-electron chi connectivity index (χ3n) is 10.2. The van der Waals surface area contributed by atoms with Crippen LogP contribution in [0.5, 0.6) is 0 Å². The van der Waals surface area contributed by atoms with E-state index in [2.05, 4.69) is 22.2 Å². The van der Waals surface area contributed by atoms with Crippen LogP contribution < -0.4 is 21.9 Å². The molecular formula is C36H36FN5O4. The van der Waals surface area contributed by atoms with Crippen LogP contribution in [0.1, 0.15) is 47.5 Å². The summed E-state index contributed by atoms with van der Waals surface area (Å²) >= 11 is 0. The summed E-state index contributed by atoms with van der Waals surface area (Å²) in [5.74, 6) is -1.23. The minimum Gasteiger partial charge on any atom is -0.452 e. The van der Waals surface area contributed by atoms with Gasteiger partial charge in [-0.05, 0) is 74.2 Å². The fourth-order valence-corrected chi connectivity index (χ4v) is 7.65. The molecule has 1 saturated heterocycles. The minimum atomic E-state index is -0.553. The first-order valence-electron chi connectivity index (χ1n) is 16.1. The summed E-state index contributed by atoms with van der Waals surface area (Å²) in [5, 5.41) is 5.66. The number of amides is 1. The fourth-order valence-electron chi connectivity index (χ4n) is 7.65. The average Bonchev–Trinajstić information content (AvgIpc) is 3.60. The Morgan fingerprint density at radius 2 is 1.76 bits per heavy atom. The standard InChI is InChI=1S/C36H36FN5O4/c1-40-11-13-41(14-12-40)10-4-9-39-36(45)27-19-42-29-17-24-22-5-2-3-6-23(22)33(43)25(24)18-30(29)46-35-31(20-7-8-21(38)15-20)28(37)16-26(32(35)42)34(27)44/h2-3,5-6,16-21H,4,7-15,38H2,1H3,(H,39,45)/t20?,21-/m0/s1. The summed E-state index contributed by atoms with van der Waals surface area (Å²) in [6, 6.07) is 12.2. The first-order valence-corrected chi connectivity index (χ1v) is 16.1. The third kappa shape index (κ3) is 4.66. The van der Waals surface area contributed by atoms with Crippen LogP contribution in [0.15, 0.2) is 62.7 Å². The maximum Gasteiger partial charge on any atom is 0.256 e. The molecular weight excluding hydrogens is 585 g/mol. The second kappa shape index (κ2) is 11.2. The largest absolute Gasteiger partial charge is 0.452 e. The Bertz CT molecular complexity index is 2290. The van der Waals surface area contributed by atoms with Gasteiger partial charge in [-0.3, -0.25) is 14.4 Å². The molecule has 9 nitrogen and oxygen atoms in total. The van der Waals surface area contributed by atoms with E-state index in [1.165, 1.54) is 6.07 Å². The summed E-state index contributed by atoms with van der Waals surface area (Å²) in [7, 11) is 2.11. The second-order valence-corrected chi connectivity index (χ2v) is 13.1. The molecule has 2 aromatic heterocycles. The van der Waals surface area contributed by atoms with Crippen LogP contribution in [0.3, 0.4) is 0 Å². The predicted octanol–water partition coefficient (Wildman–Crippen LogP) is 4.40. The highest BCUT2D eigenvalue weighted by Crippen LogP contribution is 2.41. The van der Waals surface area contributed by atoms with Crippen molar-refractivity contribution in [2.45, 2.75) is 37.6 Å². The molecule has 0 radical (unpaired) electrons. The van der Waals surface area contributed by atoms with Crippen molar-refractivity contribution in [3.05, 3.63) is 86.1 Å². The Labute approximate surface area is 263 Å². The lowest BCUT2D eigenvalue weighted by atomic mass is 9.93. The first kappa shape index (κ1) is 29.1. The molecule has 46 heavy (non-hydrogen) atoms. The van der Waals surface area contributed by atoms with Crippen molar-refractivity contribution in [2.24, 2.45) is 5.73 Å². The maximum atomic E-state index is 16.1. The van der Waals surface area contributed by atoms with Crippen LogP contribution in [-0.4, -0.2) is 72.5 Å². The smallest absolute Gasteiger partial charge is 0.256 e. The van der Waals surface area contributed by atoms with Crippen molar-refractivity contribution in [1.82, 2.24) is 19.5 Å². The molecule has 1 unspecified atom stereocenters. The summed E-state index contributed by atoms with van der Waals surface area (Å²) in [5.41, 5.74) is 7.49. The Morgan fingerprint density at radius 1 is 0.978 bits per heavy atom. The predicted molar refractivity (Wildman–Crippen MR) is 179 cm³/mol. The van der Waals surface area contributed by atoms with Gasteiger partial charge in [0.05, 0.1) is 10.9 Å². The number of pyridine rings is 1. The number of nitrogens with one attached hydrogen (secondary N) is 1. The van der Waals surface area contributed by atoms with Crippen molar-refractivity contribution < 1.29 is 13.6 Å². The molecule has 2 fully saturated rings. The number of fused-ring (bicyclic) bond motifs is 5. The van der Waals surface area contributed by atoms with E-state index in [9.17, 15) is 14.4 Å². The van der Waals surface area contributed by atoms with Crippen molar-refractivity contribution >= 4 is 55.0 Å². The van der Waals surface area contributed by atoms with E-state index >= 15 is 4.39 Å². The zero-order chi connectivity index (χ0) is 31.7. The number of nitrogens with zero attached hydrogens (tertiary/aromatic N) is 3. The van der Waals surface area contributed by atoms with Gasteiger partial charge in [-0.1, -0.05) is 24.3 Å². The van der Waals surface area contributed by atoms with Crippen LogP contribution in [0, 0.1) is 5.82 Å². The number of hydrogen-bond donors (Lipinski definition) is 2. The number of aromatic nitrogens is 1. The first-order chi connectivity index (χ1) is 22.3. The zero-order valence-corrected chi connectivity index (χ0v) is 25.8. The molecule has 10 heteroatoms. The molecule has 2 atom stereocenters. The van der Waals surface area contributed by atoms with Crippen LogP contribution in [0.2, 0.25) is 0 Å². The highest BCUT2D eigenvalue weighted by atomic mass is 19.1. The number of benzene rings is 3. The van der Waals surface area contributed by atoms with E-state index in [4.69, 9.17) is 10.2 Å². The van der Waals surface area contributed by atoms with Crippen LogP contribution in [-0.2, 0) is 0 Å². The monoisotopic (exact) mass is 621 g/mol. The number of hydrogen-bond acceptors (Lipinski definition) is 7. The van der Waals surface area contributed by atoms with Crippen LogP contribution in [0.25, 0.3) is 49.1 Å². The molecule has 1 saturated carbocycles. The molecule has 236 valence electrons. The van der Waals surface area contributed by atoms with E-state index in [-0.39, 0.29) is 33.9 Å². The molecule has 0 bridgehead atoms. The lowest BCUT2D eigenvalue weighted by Crippen LogP contribution is -2.45. The Morgan fingerprint density at radius 3 is 2.52 bits per heavy atom. The van der Waals surface area contributed by atoms with Crippen molar-refractivity contribution in [2.75, 3.05) is 46.3 Å². The number of carbonyl (C=O) groups is 1. The highest BCUT2D eigenvalue weighted by molar-refractivity contribution is 6.15. The molecule has 3 heterocycles. The fraction of sp³-hybridized carbons (Fsp3) is 0.361. The SMILES string of the molecule is CN1CCN(CCCNC(=O)c2cn3c4cc5c(cc4oc4c(C6CC[C@H](N)C6)c(F)cc(c2=O)c43)c(=O)c2ccccc25)CC1. The van der Waals surface area contributed by atoms with E-state index in [1.807, 2.05) is 24.3 Å². The molecule has 4 aromatic carbocycles. The van der Waals surface area contributed by atoms with Gasteiger partial charge in [0.15, 0.2) is 16.6 Å². The van der Waals surface area contributed by atoms with Gasteiger partial charge in [-0.25, -0.2) is 4.39 Å². The quantitative estimate of drug-likeness (QED) is 0.161. The molecule has 1 aliphatic carbocycles.